The molecule has 32 heavy (non-hydrogen) atoms. The average molecular weight is 434 g/mol. The van der Waals surface area contributed by atoms with E-state index in [1.165, 1.54) is 60.7 Å². The van der Waals surface area contributed by atoms with E-state index in [2.05, 4.69) is 0 Å². The first-order valence-electron chi connectivity index (χ1n) is 9.38. The molecular formula is C24H18O8. The Labute approximate surface area is 182 Å². The van der Waals surface area contributed by atoms with E-state index < -0.39 is 23.9 Å². The summed E-state index contributed by atoms with van der Waals surface area (Å²) in [6.07, 6.45) is 0. The molecule has 0 amide bonds. The van der Waals surface area contributed by atoms with Gasteiger partial charge in [-0.25, -0.2) is 19.2 Å². The van der Waals surface area contributed by atoms with Crippen molar-refractivity contribution in [1.29, 1.82) is 0 Å². The molecule has 0 saturated carbocycles. The number of carboxylic acids is 2. The van der Waals surface area contributed by atoms with Crippen molar-refractivity contribution in [2.75, 3.05) is 0 Å². The van der Waals surface area contributed by atoms with E-state index in [4.69, 9.17) is 19.7 Å². The first-order chi connectivity index (χ1) is 15.2. The molecule has 0 atom stereocenters. The molecule has 3 rings (SSSR count). The van der Waals surface area contributed by atoms with Gasteiger partial charge in [-0.1, -0.05) is 0 Å². The van der Waals surface area contributed by atoms with Crippen molar-refractivity contribution in [3.63, 3.8) is 0 Å². The van der Waals surface area contributed by atoms with Gasteiger partial charge in [0.05, 0.1) is 22.3 Å². The van der Waals surface area contributed by atoms with Gasteiger partial charge in [0, 0.05) is 0 Å². The van der Waals surface area contributed by atoms with Crippen molar-refractivity contribution in [3.05, 3.63) is 94.0 Å². The molecule has 0 heterocycles. The fourth-order valence-corrected chi connectivity index (χ4v) is 2.81. The van der Waals surface area contributed by atoms with E-state index >= 15 is 0 Å². The Hall–Kier alpha value is -4.46. The minimum absolute atomic E-state index is 0.0531. The number of ether oxygens (including phenoxy) is 2. The molecule has 8 heteroatoms. The quantitative estimate of drug-likeness (QED) is 0.438. The van der Waals surface area contributed by atoms with Gasteiger partial charge in [0.15, 0.2) is 0 Å². The van der Waals surface area contributed by atoms with Crippen molar-refractivity contribution in [1.82, 2.24) is 0 Å². The molecule has 0 saturated heterocycles. The van der Waals surface area contributed by atoms with Crippen LogP contribution in [0.25, 0.3) is 0 Å². The third kappa shape index (κ3) is 4.81. The topological polar surface area (TPSA) is 127 Å². The van der Waals surface area contributed by atoms with Crippen molar-refractivity contribution < 1.29 is 38.9 Å². The Bertz CT molecular complexity index is 1110. The molecule has 0 aromatic heterocycles. The third-order valence-electron chi connectivity index (χ3n) is 4.83. The summed E-state index contributed by atoms with van der Waals surface area (Å²) in [5.41, 5.74) is 1.63. The summed E-state index contributed by atoms with van der Waals surface area (Å²) in [5.74, 6) is -2.99. The van der Waals surface area contributed by atoms with Crippen molar-refractivity contribution >= 4 is 23.9 Å². The lowest BCUT2D eigenvalue weighted by Crippen LogP contribution is -2.12. The smallest absolute Gasteiger partial charge is 0.343 e. The van der Waals surface area contributed by atoms with Gasteiger partial charge in [-0.15, -0.1) is 0 Å². The fraction of sp³-hybridized carbons (Fsp3) is 0.0833. The number of carbonyl (C=O) groups is 4. The molecule has 0 spiro atoms. The van der Waals surface area contributed by atoms with Gasteiger partial charge >= 0.3 is 23.9 Å². The minimum Gasteiger partial charge on any atom is -0.478 e. The van der Waals surface area contributed by atoms with Gasteiger partial charge in [-0.2, -0.15) is 0 Å². The second-order valence-electron chi connectivity index (χ2n) is 6.86. The Balaban J connectivity index is 1.74. The van der Waals surface area contributed by atoms with E-state index in [-0.39, 0.29) is 33.8 Å². The van der Waals surface area contributed by atoms with Crippen LogP contribution in [-0.4, -0.2) is 34.1 Å². The van der Waals surface area contributed by atoms with Crippen LogP contribution in [0.15, 0.2) is 60.7 Å². The first-order valence-corrected chi connectivity index (χ1v) is 9.38. The molecule has 3 aromatic rings. The Morgan fingerprint density at radius 3 is 1.09 bits per heavy atom. The van der Waals surface area contributed by atoms with Gasteiger partial charge in [0.1, 0.15) is 11.5 Å². The number of hydrogen-bond acceptors (Lipinski definition) is 6. The molecule has 2 N–H and O–H groups in total. The van der Waals surface area contributed by atoms with Gasteiger partial charge in [-0.05, 0) is 85.6 Å². The Morgan fingerprint density at radius 2 is 0.812 bits per heavy atom. The van der Waals surface area contributed by atoms with Gasteiger partial charge in [0.2, 0.25) is 0 Å². The standard InChI is InChI=1S/C24H18O8/c1-13-14(2)20(32-24(30)18-9-5-16(6-10-18)22(27)28)12-11-19(13)31-23(29)17-7-3-15(4-8-17)21(25)26/h3-12H,1-2H3,(H,25,26)(H,27,28). The second-order valence-corrected chi connectivity index (χ2v) is 6.86. The highest BCUT2D eigenvalue weighted by molar-refractivity contribution is 5.95. The van der Waals surface area contributed by atoms with Crippen LogP contribution in [0, 0.1) is 13.8 Å². The minimum atomic E-state index is -1.10. The van der Waals surface area contributed by atoms with Crippen LogP contribution in [0.3, 0.4) is 0 Å². The number of hydrogen-bond donors (Lipinski definition) is 2. The van der Waals surface area contributed by atoms with Gasteiger partial charge in [-0.3, -0.25) is 0 Å². The van der Waals surface area contributed by atoms with E-state index in [0.29, 0.717) is 11.1 Å². The summed E-state index contributed by atoms with van der Waals surface area (Å²) in [7, 11) is 0. The first kappa shape index (κ1) is 22.2. The van der Waals surface area contributed by atoms with Gasteiger partial charge in [0.25, 0.3) is 0 Å². The molecule has 0 aliphatic heterocycles. The summed E-state index contributed by atoms with van der Waals surface area (Å²) >= 11 is 0. The molecular weight excluding hydrogens is 416 g/mol. The average Bonchev–Trinajstić information content (AvgIpc) is 2.78. The summed E-state index contributed by atoms with van der Waals surface area (Å²) < 4.78 is 10.8. The number of benzene rings is 3. The summed E-state index contributed by atoms with van der Waals surface area (Å²) in [6.45, 7) is 3.40. The molecule has 162 valence electrons. The van der Waals surface area contributed by atoms with Crippen LogP contribution in [-0.2, 0) is 0 Å². The van der Waals surface area contributed by atoms with Crippen LogP contribution < -0.4 is 9.47 Å². The lowest BCUT2D eigenvalue weighted by atomic mass is 10.1. The van der Waals surface area contributed by atoms with Crippen molar-refractivity contribution in [2.24, 2.45) is 0 Å². The molecule has 0 radical (unpaired) electrons. The highest BCUT2D eigenvalue weighted by atomic mass is 16.5. The SMILES string of the molecule is Cc1c(OC(=O)c2ccc(C(=O)O)cc2)ccc(OC(=O)c2ccc(C(=O)O)cc2)c1C. The lowest BCUT2D eigenvalue weighted by molar-refractivity contribution is 0.0685. The second kappa shape index (κ2) is 9.13. The van der Waals surface area contributed by atoms with Crippen LogP contribution >= 0.6 is 0 Å². The normalized spacial score (nSPS) is 10.3. The number of aromatic carboxylic acids is 2. The maximum absolute atomic E-state index is 12.4. The van der Waals surface area contributed by atoms with Crippen LogP contribution in [0.2, 0.25) is 0 Å². The molecule has 0 fully saturated rings. The summed E-state index contributed by atoms with van der Waals surface area (Å²) in [5, 5.41) is 17.9. The number of esters is 2. The zero-order valence-corrected chi connectivity index (χ0v) is 17.1. The Kier molecular flexibility index (Phi) is 6.34. The predicted octanol–water partition coefficient (Wildman–Crippen LogP) is 4.14. The predicted molar refractivity (Wildman–Crippen MR) is 113 cm³/mol. The van der Waals surface area contributed by atoms with E-state index in [9.17, 15) is 19.2 Å². The lowest BCUT2D eigenvalue weighted by Gasteiger charge is -2.14. The van der Waals surface area contributed by atoms with Crippen molar-refractivity contribution in [3.8, 4) is 11.5 Å². The number of rotatable bonds is 6. The third-order valence-corrected chi connectivity index (χ3v) is 4.83. The Morgan fingerprint density at radius 1 is 0.531 bits per heavy atom. The highest BCUT2D eigenvalue weighted by Gasteiger charge is 2.17. The fourth-order valence-electron chi connectivity index (χ4n) is 2.81. The van der Waals surface area contributed by atoms with Crippen LogP contribution in [0.5, 0.6) is 11.5 Å². The largest absolute Gasteiger partial charge is 0.478 e. The molecule has 0 aliphatic rings. The molecule has 0 unspecified atom stereocenters. The maximum Gasteiger partial charge on any atom is 0.343 e. The summed E-state index contributed by atoms with van der Waals surface area (Å²) in [6, 6.07) is 13.7. The number of carboxylic acid groups (broad SMARTS) is 2. The monoisotopic (exact) mass is 434 g/mol. The highest BCUT2D eigenvalue weighted by Crippen LogP contribution is 2.30. The van der Waals surface area contributed by atoms with E-state index in [0.717, 1.165) is 0 Å². The molecule has 0 bridgehead atoms. The van der Waals surface area contributed by atoms with E-state index in [1.807, 2.05) is 0 Å². The van der Waals surface area contributed by atoms with E-state index in [1.54, 1.807) is 13.8 Å². The van der Waals surface area contributed by atoms with Crippen LogP contribution in [0.1, 0.15) is 52.6 Å². The molecule has 8 nitrogen and oxygen atoms in total. The van der Waals surface area contributed by atoms with Crippen molar-refractivity contribution in [2.45, 2.75) is 13.8 Å². The molecule has 3 aromatic carbocycles. The summed E-state index contributed by atoms with van der Waals surface area (Å²) in [4.78, 5) is 46.6. The van der Waals surface area contributed by atoms with Gasteiger partial charge < -0.3 is 19.7 Å². The zero-order chi connectivity index (χ0) is 23.4. The molecule has 0 aliphatic carbocycles. The number of carbonyl (C=O) groups excluding carboxylic acids is 2. The van der Waals surface area contributed by atoms with Crippen LogP contribution in [0.4, 0.5) is 0 Å². The maximum atomic E-state index is 12.4. The zero-order valence-electron chi connectivity index (χ0n) is 17.1.